The van der Waals surface area contributed by atoms with Gasteiger partial charge in [-0.3, -0.25) is 0 Å². The molecule has 0 N–H and O–H groups in total. The third-order valence-electron chi connectivity index (χ3n) is 7.94. The predicted octanol–water partition coefficient (Wildman–Crippen LogP) is 9.01. The summed E-state index contributed by atoms with van der Waals surface area (Å²) in [5.74, 6) is 1.84. The van der Waals surface area contributed by atoms with Gasteiger partial charge in [0.05, 0.1) is 5.56 Å². The fraction of sp³-hybridized carbons (Fsp3) is 0.586. The first kappa shape index (κ1) is 24.2. The Morgan fingerprint density at radius 2 is 1.42 bits per heavy atom. The van der Waals surface area contributed by atoms with E-state index in [1.807, 2.05) is 0 Å². The van der Waals surface area contributed by atoms with Crippen LogP contribution >= 0.6 is 0 Å². The highest BCUT2D eigenvalue weighted by atomic mass is 19.3. The van der Waals surface area contributed by atoms with Gasteiger partial charge in [-0.2, -0.15) is 8.78 Å². The summed E-state index contributed by atoms with van der Waals surface area (Å²) in [6.45, 7) is 4.53. The van der Waals surface area contributed by atoms with Crippen molar-refractivity contribution in [1.82, 2.24) is 0 Å². The summed E-state index contributed by atoms with van der Waals surface area (Å²) in [6, 6.07) is 10.6. The zero-order valence-electron chi connectivity index (χ0n) is 20.0. The van der Waals surface area contributed by atoms with Crippen molar-refractivity contribution < 1.29 is 17.9 Å². The van der Waals surface area contributed by atoms with Crippen LogP contribution in [0.5, 0.6) is 5.75 Å². The molecule has 33 heavy (non-hydrogen) atoms. The molecule has 0 radical (unpaired) electrons. The quantitative estimate of drug-likeness (QED) is 0.402. The third-order valence-corrected chi connectivity index (χ3v) is 7.94. The van der Waals surface area contributed by atoms with Crippen LogP contribution in [0, 0.1) is 23.6 Å². The predicted molar refractivity (Wildman–Crippen MR) is 127 cm³/mol. The molecule has 0 aliphatic heterocycles. The van der Waals surface area contributed by atoms with Gasteiger partial charge in [-0.15, -0.1) is 0 Å². The van der Waals surface area contributed by atoms with Gasteiger partial charge in [-0.25, -0.2) is 4.39 Å². The van der Waals surface area contributed by atoms with E-state index in [2.05, 4.69) is 13.8 Å². The van der Waals surface area contributed by atoms with Crippen LogP contribution in [0.3, 0.4) is 0 Å². The second-order valence-corrected chi connectivity index (χ2v) is 10.6. The lowest BCUT2D eigenvalue weighted by molar-refractivity contribution is -0.185. The summed E-state index contributed by atoms with van der Waals surface area (Å²) in [4.78, 5) is 0. The Morgan fingerprint density at radius 1 is 0.818 bits per heavy atom. The maximum atomic E-state index is 14.8. The SMILES string of the molecule is CC1CCC(CCc2ccc(C(F)(F)Oc3ccc(C4CCC(C)CC4)c(F)c3)cc2)CC1. The van der Waals surface area contributed by atoms with E-state index >= 15 is 0 Å². The normalized spacial score (nSPS) is 26.2. The molecule has 0 saturated heterocycles. The summed E-state index contributed by atoms with van der Waals surface area (Å²) in [6.07, 6.45) is 7.73. The summed E-state index contributed by atoms with van der Waals surface area (Å²) < 4.78 is 49.2. The number of ether oxygens (including phenoxy) is 1. The van der Waals surface area contributed by atoms with Crippen molar-refractivity contribution in [2.24, 2.45) is 17.8 Å². The molecule has 4 heteroatoms. The van der Waals surface area contributed by atoms with Gasteiger partial charge in [0.25, 0.3) is 0 Å². The highest BCUT2D eigenvalue weighted by Gasteiger charge is 2.35. The van der Waals surface area contributed by atoms with Crippen LogP contribution in [0.4, 0.5) is 13.2 Å². The van der Waals surface area contributed by atoms with E-state index in [1.165, 1.54) is 43.9 Å². The lowest BCUT2D eigenvalue weighted by atomic mass is 9.79. The maximum absolute atomic E-state index is 14.8. The molecule has 2 aromatic rings. The van der Waals surface area contributed by atoms with Crippen molar-refractivity contribution in [3.05, 3.63) is 65.0 Å². The molecule has 0 atom stereocenters. The lowest BCUT2D eigenvalue weighted by Crippen LogP contribution is -2.22. The van der Waals surface area contributed by atoms with E-state index in [1.54, 1.807) is 18.2 Å². The minimum Gasteiger partial charge on any atom is -0.429 e. The van der Waals surface area contributed by atoms with Gasteiger partial charge < -0.3 is 4.74 Å². The van der Waals surface area contributed by atoms with Gasteiger partial charge >= 0.3 is 6.11 Å². The minimum atomic E-state index is -3.51. The van der Waals surface area contributed by atoms with Crippen molar-refractivity contribution in [1.29, 1.82) is 0 Å². The molecular weight excluding hydrogens is 421 g/mol. The maximum Gasteiger partial charge on any atom is 0.426 e. The number of alkyl halides is 2. The van der Waals surface area contributed by atoms with Crippen molar-refractivity contribution >= 4 is 0 Å². The molecule has 0 heterocycles. The number of benzene rings is 2. The highest BCUT2D eigenvalue weighted by Crippen LogP contribution is 2.39. The largest absolute Gasteiger partial charge is 0.429 e. The van der Waals surface area contributed by atoms with Gasteiger partial charge in [0.1, 0.15) is 11.6 Å². The number of aryl methyl sites for hydroxylation is 1. The van der Waals surface area contributed by atoms with Crippen LogP contribution in [-0.4, -0.2) is 0 Å². The molecular formula is C29H37F3O. The van der Waals surface area contributed by atoms with Gasteiger partial charge in [0, 0.05) is 6.07 Å². The molecule has 2 aromatic carbocycles. The first-order valence-electron chi connectivity index (χ1n) is 12.8. The third kappa shape index (κ3) is 6.33. The Bertz CT molecular complexity index is 892. The molecule has 0 amide bonds. The summed E-state index contributed by atoms with van der Waals surface area (Å²) in [7, 11) is 0. The van der Waals surface area contributed by atoms with Crippen molar-refractivity contribution in [2.75, 3.05) is 0 Å². The molecule has 1 nitrogen and oxygen atoms in total. The average molecular weight is 459 g/mol. The molecule has 2 aliphatic carbocycles. The lowest BCUT2D eigenvalue weighted by Gasteiger charge is -2.27. The number of rotatable bonds is 7. The Hall–Kier alpha value is -1.97. The topological polar surface area (TPSA) is 9.23 Å². The fourth-order valence-electron chi connectivity index (χ4n) is 5.53. The van der Waals surface area contributed by atoms with E-state index in [0.29, 0.717) is 11.5 Å². The fourth-order valence-corrected chi connectivity index (χ4v) is 5.53. The Kier molecular flexibility index (Phi) is 7.71. The van der Waals surface area contributed by atoms with Gasteiger partial charge in [-0.05, 0) is 78.7 Å². The molecule has 0 unspecified atom stereocenters. The monoisotopic (exact) mass is 458 g/mol. The second kappa shape index (κ2) is 10.5. The Morgan fingerprint density at radius 3 is 2.03 bits per heavy atom. The number of hydrogen-bond acceptors (Lipinski definition) is 1. The van der Waals surface area contributed by atoms with Crippen LogP contribution in [0.25, 0.3) is 0 Å². The van der Waals surface area contributed by atoms with Gasteiger partial charge in [-0.1, -0.05) is 70.6 Å². The number of halogens is 3. The van der Waals surface area contributed by atoms with Gasteiger partial charge in [0.15, 0.2) is 0 Å². The van der Waals surface area contributed by atoms with E-state index in [0.717, 1.165) is 62.0 Å². The molecule has 2 fully saturated rings. The average Bonchev–Trinajstić information content (AvgIpc) is 2.80. The van der Waals surface area contributed by atoms with E-state index in [9.17, 15) is 13.2 Å². The molecule has 180 valence electrons. The molecule has 2 saturated carbocycles. The van der Waals surface area contributed by atoms with Crippen LogP contribution in [0.1, 0.15) is 94.2 Å². The zero-order valence-corrected chi connectivity index (χ0v) is 20.0. The molecule has 0 bridgehead atoms. The Balaban J connectivity index is 1.34. The van der Waals surface area contributed by atoms with Crippen LogP contribution in [0.15, 0.2) is 42.5 Å². The second-order valence-electron chi connectivity index (χ2n) is 10.6. The van der Waals surface area contributed by atoms with Crippen molar-refractivity contribution in [3.63, 3.8) is 0 Å². The minimum absolute atomic E-state index is 0.138. The standard InChI is InChI=1S/C29H37F3O/c1-20-3-7-22(8-4-20)9-10-23-11-15-25(16-12-23)29(31,32)33-26-17-18-27(28(30)19-26)24-13-5-21(2)6-14-24/h11-12,15-22,24H,3-10,13-14H2,1-2H3. The molecule has 0 aromatic heterocycles. The highest BCUT2D eigenvalue weighted by molar-refractivity contribution is 5.33. The van der Waals surface area contributed by atoms with Crippen LogP contribution in [-0.2, 0) is 12.5 Å². The first-order chi connectivity index (χ1) is 15.8. The zero-order chi connectivity index (χ0) is 23.4. The van der Waals surface area contributed by atoms with Crippen molar-refractivity contribution in [3.8, 4) is 5.75 Å². The molecule has 4 rings (SSSR count). The smallest absolute Gasteiger partial charge is 0.426 e. The summed E-state index contributed by atoms with van der Waals surface area (Å²) in [5.41, 5.74) is 1.49. The summed E-state index contributed by atoms with van der Waals surface area (Å²) >= 11 is 0. The van der Waals surface area contributed by atoms with Gasteiger partial charge in [0.2, 0.25) is 0 Å². The van der Waals surface area contributed by atoms with Crippen LogP contribution < -0.4 is 4.74 Å². The van der Waals surface area contributed by atoms with E-state index < -0.39 is 11.9 Å². The molecule has 0 spiro atoms. The Labute approximate surface area is 196 Å². The first-order valence-corrected chi connectivity index (χ1v) is 12.8. The van der Waals surface area contributed by atoms with Crippen LogP contribution in [0.2, 0.25) is 0 Å². The summed E-state index contributed by atoms with van der Waals surface area (Å²) in [5, 5.41) is 0. The number of hydrogen-bond donors (Lipinski definition) is 0. The van der Waals surface area contributed by atoms with Crippen molar-refractivity contribution in [2.45, 2.75) is 90.1 Å². The molecule has 2 aliphatic rings. The van der Waals surface area contributed by atoms with E-state index in [4.69, 9.17) is 4.74 Å². The van der Waals surface area contributed by atoms with E-state index in [-0.39, 0.29) is 17.2 Å².